The first-order chi connectivity index (χ1) is 17.4. The number of aryl methyl sites for hydroxylation is 2. The van der Waals surface area contributed by atoms with E-state index >= 15 is 0 Å². The minimum atomic E-state index is -0.389. The lowest BCUT2D eigenvalue weighted by Crippen LogP contribution is -2.28. The summed E-state index contributed by atoms with van der Waals surface area (Å²) in [4.78, 5) is 25.6. The maximum Gasteiger partial charge on any atom is 0.350 e. The minimum Gasteiger partial charge on any atom is -0.494 e. The molecule has 0 spiro atoms. The summed E-state index contributed by atoms with van der Waals surface area (Å²) in [7, 11) is 0. The van der Waals surface area contributed by atoms with Crippen LogP contribution in [0.15, 0.2) is 65.7 Å². The van der Waals surface area contributed by atoms with Crippen LogP contribution in [0.1, 0.15) is 30.9 Å². The molecule has 9 nitrogen and oxygen atoms in total. The van der Waals surface area contributed by atoms with Gasteiger partial charge >= 0.3 is 5.69 Å². The highest BCUT2D eigenvalue weighted by Gasteiger charge is 2.16. The van der Waals surface area contributed by atoms with Crippen LogP contribution in [0.3, 0.4) is 0 Å². The van der Waals surface area contributed by atoms with Crippen molar-refractivity contribution in [1.82, 2.24) is 23.8 Å². The standard InChI is InChI=1S/C27H28N6O3/c1-4-5-14-36-21-10-8-20(9-11-21)23-16-24-26-30-33(27(35)31(26)12-13-32(24)29-23)17-25(34)28-22-15-18(2)6-7-19(22)3/h6-13,15-16H,4-5,14,17H2,1-3H3,(H,28,34). The molecule has 0 fully saturated rings. The summed E-state index contributed by atoms with van der Waals surface area (Å²) in [5.41, 5.74) is 5.10. The Kier molecular flexibility index (Phi) is 6.28. The zero-order valence-corrected chi connectivity index (χ0v) is 20.6. The SMILES string of the molecule is CCCCOc1ccc(-c2cc3c4nn(CC(=O)Nc5cc(C)ccc5C)c(=O)n4ccn3n2)cc1. The van der Waals surface area contributed by atoms with E-state index in [1.54, 1.807) is 16.9 Å². The smallest absolute Gasteiger partial charge is 0.350 e. The lowest BCUT2D eigenvalue weighted by molar-refractivity contribution is -0.117. The molecule has 5 aromatic rings. The molecular formula is C27H28N6O3. The van der Waals surface area contributed by atoms with Crippen LogP contribution in [0.2, 0.25) is 0 Å². The number of nitrogens with zero attached hydrogens (tertiary/aromatic N) is 5. The van der Waals surface area contributed by atoms with Gasteiger partial charge < -0.3 is 10.1 Å². The van der Waals surface area contributed by atoms with Gasteiger partial charge in [0.1, 0.15) is 17.8 Å². The molecule has 184 valence electrons. The molecule has 0 atom stereocenters. The third-order valence-corrected chi connectivity index (χ3v) is 6.07. The van der Waals surface area contributed by atoms with Crippen molar-refractivity contribution in [2.24, 2.45) is 0 Å². The van der Waals surface area contributed by atoms with Gasteiger partial charge in [0.25, 0.3) is 0 Å². The number of aromatic nitrogens is 5. The van der Waals surface area contributed by atoms with Crippen LogP contribution < -0.4 is 15.7 Å². The number of hydrogen-bond donors (Lipinski definition) is 1. The summed E-state index contributed by atoms with van der Waals surface area (Å²) in [6.07, 6.45) is 5.42. The summed E-state index contributed by atoms with van der Waals surface area (Å²) < 4.78 is 10.0. The van der Waals surface area contributed by atoms with E-state index in [4.69, 9.17) is 4.74 Å². The summed E-state index contributed by atoms with van der Waals surface area (Å²) >= 11 is 0. The summed E-state index contributed by atoms with van der Waals surface area (Å²) in [6.45, 7) is 6.52. The van der Waals surface area contributed by atoms with Gasteiger partial charge in [-0.05, 0) is 67.8 Å². The largest absolute Gasteiger partial charge is 0.494 e. The molecular weight excluding hydrogens is 456 g/mol. The van der Waals surface area contributed by atoms with E-state index in [1.807, 2.05) is 62.4 Å². The van der Waals surface area contributed by atoms with E-state index in [0.29, 0.717) is 17.8 Å². The van der Waals surface area contributed by atoms with Gasteiger partial charge in [0.05, 0.1) is 12.3 Å². The molecule has 5 rings (SSSR count). The highest BCUT2D eigenvalue weighted by Crippen LogP contribution is 2.24. The Morgan fingerprint density at radius 3 is 2.61 bits per heavy atom. The lowest BCUT2D eigenvalue weighted by Gasteiger charge is -2.08. The van der Waals surface area contributed by atoms with Gasteiger partial charge in [0.15, 0.2) is 5.65 Å². The van der Waals surface area contributed by atoms with E-state index < -0.39 is 0 Å². The number of ether oxygens (including phenoxy) is 1. The predicted octanol–water partition coefficient (Wildman–Crippen LogP) is 4.25. The zero-order valence-electron chi connectivity index (χ0n) is 20.6. The van der Waals surface area contributed by atoms with Crippen LogP contribution in [-0.2, 0) is 11.3 Å². The van der Waals surface area contributed by atoms with Crippen molar-refractivity contribution in [2.75, 3.05) is 11.9 Å². The lowest BCUT2D eigenvalue weighted by atomic mass is 10.1. The molecule has 36 heavy (non-hydrogen) atoms. The predicted molar refractivity (Wildman–Crippen MR) is 139 cm³/mol. The van der Waals surface area contributed by atoms with Crippen LogP contribution in [0.5, 0.6) is 5.75 Å². The van der Waals surface area contributed by atoms with Crippen molar-refractivity contribution < 1.29 is 9.53 Å². The van der Waals surface area contributed by atoms with Crippen molar-refractivity contribution in [3.05, 3.63) is 82.5 Å². The number of anilines is 1. The molecule has 1 amide bonds. The molecule has 3 heterocycles. The van der Waals surface area contributed by atoms with Gasteiger partial charge in [-0.15, -0.1) is 5.10 Å². The van der Waals surface area contributed by atoms with Crippen LogP contribution in [0.4, 0.5) is 5.69 Å². The Hall–Kier alpha value is -4.40. The van der Waals surface area contributed by atoms with Gasteiger partial charge in [-0.3, -0.25) is 4.79 Å². The molecule has 0 unspecified atom stereocenters. The van der Waals surface area contributed by atoms with E-state index in [1.165, 1.54) is 9.08 Å². The Morgan fingerprint density at radius 1 is 1.03 bits per heavy atom. The third-order valence-electron chi connectivity index (χ3n) is 6.07. The van der Waals surface area contributed by atoms with Gasteiger partial charge in [0.2, 0.25) is 5.91 Å². The number of nitrogens with one attached hydrogen (secondary N) is 1. The van der Waals surface area contributed by atoms with Crippen molar-refractivity contribution in [3.8, 4) is 17.0 Å². The average molecular weight is 485 g/mol. The molecule has 0 radical (unpaired) electrons. The Labute approximate surface area is 207 Å². The van der Waals surface area contributed by atoms with Crippen molar-refractivity contribution in [3.63, 3.8) is 0 Å². The Morgan fingerprint density at radius 2 is 1.83 bits per heavy atom. The normalized spacial score (nSPS) is 11.3. The Balaban J connectivity index is 1.40. The molecule has 1 N–H and O–H groups in total. The minimum absolute atomic E-state index is 0.194. The summed E-state index contributed by atoms with van der Waals surface area (Å²) in [5, 5.41) is 12.0. The number of hydrogen-bond acceptors (Lipinski definition) is 5. The number of carbonyl (C=O) groups is 1. The first-order valence-corrected chi connectivity index (χ1v) is 12.0. The quantitative estimate of drug-likeness (QED) is 0.332. The van der Waals surface area contributed by atoms with E-state index in [0.717, 1.165) is 46.7 Å². The van der Waals surface area contributed by atoms with Gasteiger partial charge in [0, 0.05) is 23.6 Å². The van der Waals surface area contributed by atoms with Crippen molar-refractivity contribution in [1.29, 1.82) is 0 Å². The van der Waals surface area contributed by atoms with E-state index in [-0.39, 0.29) is 18.1 Å². The number of unbranched alkanes of at least 4 members (excludes halogenated alkanes) is 1. The van der Waals surface area contributed by atoms with Crippen molar-refractivity contribution in [2.45, 2.75) is 40.2 Å². The van der Waals surface area contributed by atoms with Crippen LogP contribution in [0.25, 0.3) is 22.4 Å². The molecule has 0 saturated carbocycles. The fourth-order valence-electron chi connectivity index (χ4n) is 4.03. The first kappa shape index (κ1) is 23.3. The molecule has 0 aliphatic heterocycles. The molecule has 0 saturated heterocycles. The monoisotopic (exact) mass is 484 g/mol. The van der Waals surface area contributed by atoms with Crippen LogP contribution in [-0.4, -0.2) is 36.3 Å². The summed E-state index contributed by atoms with van der Waals surface area (Å²) in [5.74, 6) is 0.503. The highest BCUT2D eigenvalue weighted by atomic mass is 16.5. The molecule has 0 aliphatic carbocycles. The van der Waals surface area contributed by atoms with Crippen LogP contribution in [0, 0.1) is 13.8 Å². The molecule has 0 bridgehead atoms. The number of benzene rings is 2. The second-order valence-electron chi connectivity index (χ2n) is 8.88. The molecule has 2 aromatic carbocycles. The zero-order chi connectivity index (χ0) is 25.2. The summed E-state index contributed by atoms with van der Waals surface area (Å²) in [6, 6.07) is 15.5. The fourth-order valence-corrected chi connectivity index (χ4v) is 4.03. The maximum atomic E-state index is 12.9. The number of rotatable bonds is 8. The molecule has 3 aromatic heterocycles. The van der Waals surface area contributed by atoms with Crippen molar-refractivity contribution >= 4 is 22.8 Å². The third kappa shape index (κ3) is 4.59. The van der Waals surface area contributed by atoms with E-state index in [2.05, 4.69) is 22.4 Å². The van der Waals surface area contributed by atoms with Gasteiger partial charge in [-0.1, -0.05) is 25.5 Å². The second-order valence-corrected chi connectivity index (χ2v) is 8.88. The number of amides is 1. The highest BCUT2D eigenvalue weighted by molar-refractivity contribution is 5.91. The molecule has 0 aliphatic rings. The second kappa shape index (κ2) is 9.69. The fraction of sp³-hybridized carbons (Fsp3) is 0.259. The first-order valence-electron chi connectivity index (χ1n) is 12.0. The topological polar surface area (TPSA) is 94.9 Å². The van der Waals surface area contributed by atoms with Gasteiger partial charge in [-0.2, -0.15) is 5.10 Å². The molecule has 9 heteroatoms. The maximum absolute atomic E-state index is 12.9. The van der Waals surface area contributed by atoms with E-state index in [9.17, 15) is 9.59 Å². The number of fused-ring (bicyclic) bond motifs is 3. The Bertz CT molecular complexity index is 1610. The number of carbonyl (C=O) groups excluding carboxylic acids is 1. The van der Waals surface area contributed by atoms with Gasteiger partial charge in [-0.25, -0.2) is 18.4 Å². The van der Waals surface area contributed by atoms with Crippen LogP contribution >= 0.6 is 0 Å². The average Bonchev–Trinajstić information content (AvgIpc) is 3.43.